The number of hydrogen-bond donors (Lipinski definition) is 1. The lowest BCUT2D eigenvalue weighted by molar-refractivity contribution is -0.146. The number of esters is 1. The molecule has 0 saturated heterocycles. The van der Waals surface area contributed by atoms with Crippen molar-refractivity contribution in [2.24, 2.45) is 0 Å². The first-order chi connectivity index (χ1) is 15.1. The molecule has 154 valence electrons. The fraction of sp³-hybridized carbons (Fsp3) is 0.0952. The number of carbonyl (C=O) groups is 2. The first-order valence-corrected chi connectivity index (χ1v) is 10.9. The van der Waals surface area contributed by atoms with Crippen molar-refractivity contribution >= 4 is 40.4 Å². The molecule has 3 aromatic heterocycles. The summed E-state index contributed by atoms with van der Waals surface area (Å²) in [6.45, 7) is -0.481. The van der Waals surface area contributed by atoms with Gasteiger partial charge in [0.15, 0.2) is 12.4 Å². The van der Waals surface area contributed by atoms with Crippen LogP contribution in [0.25, 0.3) is 15.6 Å². The zero-order valence-corrected chi connectivity index (χ0v) is 17.7. The van der Waals surface area contributed by atoms with Gasteiger partial charge in [0.2, 0.25) is 0 Å². The van der Waals surface area contributed by atoms with Gasteiger partial charge in [-0.3, -0.25) is 9.59 Å². The zero-order valence-electron chi connectivity index (χ0n) is 16.0. The third-order valence-electron chi connectivity index (χ3n) is 4.12. The predicted molar refractivity (Wildman–Crippen MR) is 117 cm³/mol. The van der Waals surface area contributed by atoms with Crippen molar-refractivity contribution in [1.82, 2.24) is 14.8 Å². The number of nitrogens with one attached hydrogen (secondary N) is 1. The molecule has 0 fully saturated rings. The standard InChI is InChI=1S/C21H15N5O3S2/c22-10-14-11-23-26(16-5-2-1-3-6-16)20(14)25-18(27)12-29-19(28)9-15-13-31-21(24-15)17-7-4-8-30-17/h1-8,11,13H,9,12H2,(H,25,27). The van der Waals surface area contributed by atoms with E-state index in [1.54, 1.807) is 28.8 Å². The molecule has 1 aromatic carbocycles. The summed E-state index contributed by atoms with van der Waals surface area (Å²) in [5, 5.41) is 20.7. The number of nitriles is 1. The molecule has 0 unspecified atom stereocenters. The lowest BCUT2D eigenvalue weighted by Crippen LogP contribution is -2.23. The van der Waals surface area contributed by atoms with Crippen LogP contribution in [0, 0.1) is 11.3 Å². The van der Waals surface area contributed by atoms with Crippen LogP contribution < -0.4 is 5.32 Å². The van der Waals surface area contributed by atoms with Crippen molar-refractivity contribution in [2.45, 2.75) is 6.42 Å². The smallest absolute Gasteiger partial charge is 0.312 e. The topological polar surface area (TPSA) is 110 Å². The van der Waals surface area contributed by atoms with Gasteiger partial charge in [-0.2, -0.15) is 10.4 Å². The van der Waals surface area contributed by atoms with Crippen LogP contribution >= 0.6 is 22.7 Å². The Kier molecular flexibility index (Phi) is 6.16. The van der Waals surface area contributed by atoms with Crippen molar-refractivity contribution in [3.63, 3.8) is 0 Å². The van der Waals surface area contributed by atoms with E-state index in [9.17, 15) is 14.9 Å². The highest BCUT2D eigenvalue weighted by atomic mass is 32.1. The van der Waals surface area contributed by atoms with Gasteiger partial charge in [0, 0.05) is 5.38 Å². The molecule has 4 rings (SSSR count). The number of aromatic nitrogens is 3. The quantitative estimate of drug-likeness (QED) is 0.431. The summed E-state index contributed by atoms with van der Waals surface area (Å²) in [6, 6.07) is 15.0. The molecule has 10 heteroatoms. The fourth-order valence-electron chi connectivity index (χ4n) is 2.73. The molecule has 0 atom stereocenters. The molecule has 3 heterocycles. The van der Waals surface area contributed by atoms with Gasteiger partial charge in [0.1, 0.15) is 16.6 Å². The highest BCUT2D eigenvalue weighted by Gasteiger charge is 2.17. The summed E-state index contributed by atoms with van der Waals surface area (Å²) in [5.41, 5.74) is 1.47. The van der Waals surface area contributed by atoms with Crippen LogP contribution in [-0.2, 0) is 20.7 Å². The van der Waals surface area contributed by atoms with Crippen LogP contribution in [-0.4, -0.2) is 33.2 Å². The van der Waals surface area contributed by atoms with Gasteiger partial charge in [-0.15, -0.1) is 22.7 Å². The van der Waals surface area contributed by atoms with Gasteiger partial charge in [-0.1, -0.05) is 24.3 Å². The first kappa shape index (κ1) is 20.5. The Balaban J connectivity index is 1.35. The molecule has 1 amide bonds. The maximum Gasteiger partial charge on any atom is 0.312 e. The number of rotatable bonds is 7. The molecular weight excluding hydrogens is 434 g/mol. The summed E-state index contributed by atoms with van der Waals surface area (Å²) in [5.74, 6) is -0.912. The number of hydrogen-bond acceptors (Lipinski definition) is 8. The van der Waals surface area contributed by atoms with Gasteiger partial charge in [0.25, 0.3) is 5.91 Å². The number of nitrogens with zero attached hydrogens (tertiary/aromatic N) is 4. The Morgan fingerprint density at radius 1 is 1.16 bits per heavy atom. The lowest BCUT2D eigenvalue weighted by atomic mass is 10.3. The Labute approximate surface area is 185 Å². The van der Waals surface area contributed by atoms with Crippen molar-refractivity contribution in [1.29, 1.82) is 5.26 Å². The molecule has 0 aliphatic heterocycles. The molecule has 0 bridgehead atoms. The van der Waals surface area contributed by atoms with Gasteiger partial charge in [0.05, 0.1) is 28.9 Å². The molecule has 0 aliphatic carbocycles. The highest BCUT2D eigenvalue weighted by Crippen LogP contribution is 2.28. The van der Waals surface area contributed by atoms with Crippen LogP contribution in [0.1, 0.15) is 11.3 Å². The Hall–Kier alpha value is -3.81. The van der Waals surface area contributed by atoms with E-state index in [1.165, 1.54) is 22.2 Å². The largest absolute Gasteiger partial charge is 0.455 e. The fourth-order valence-corrected chi connectivity index (χ4v) is 4.36. The molecular formula is C21H15N5O3S2. The van der Waals surface area contributed by atoms with E-state index < -0.39 is 18.5 Å². The summed E-state index contributed by atoms with van der Waals surface area (Å²) in [7, 11) is 0. The molecule has 0 radical (unpaired) electrons. The average molecular weight is 450 g/mol. The number of carbonyl (C=O) groups excluding carboxylic acids is 2. The summed E-state index contributed by atoms with van der Waals surface area (Å²) < 4.78 is 6.52. The summed E-state index contributed by atoms with van der Waals surface area (Å²) in [4.78, 5) is 29.9. The van der Waals surface area contributed by atoms with E-state index in [-0.39, 0.29) is 17.8 Å². The van der Waals surface area contributed by atoms with Crippen LogP contribution in [0.15, 0.2) is 59.4 Å². The number of ether oxygens (including phenoxy) is 1. The monoisotopic (exact) mass is 449 g/mol. The second-order valence-corrected chi connectivity index (χ2v) is 8.08. The van der Waals surface area contributed by atoms with Crippen molar-refractivity contribution in [3.8, 4) is 21.6 Å². The minimum absolute atomic E-state index is 0.0272. The van der Waals surface area contributed by atoms with E-state index in [0.29, 0.717) is 11.4 Å². The van der Waals surface area contributed by atoms with Crippen LogP contribution in [0.4, 0.5) is 5.82 Å². The van der Waals surface area contributed by atoms with Crippen LogP contribution in [0.3, 0.4) is 0 Å². The number of para-hydroxylation sites is 1. The average Bonchev–Trinajstić information content (AvgIpc) is 3.54. The van der Waals surface area contributed by atoms with Crippen LogP contribution in [0.2, 0.25) is 0 Å². The molecule has 4 aromatic rings. The molecule has 0 spiro atoms. The second kappa shape index (κ2) is 9.34. The van der Waals surface area contributed by atoms with E-state index in [2.05, 4.69) is 15.4 Å². The highest BCUT2D eigenvalue weighted by molar-refractivity contribution is 7.20. The minimum atomic E-state index is -0.569. The lowest BCUT2D eigenvalue weighted by Gasteiger charge is -2.10. The maximum absolute atomic E-state index is 12.3. The maximum atomic E-state index is 12.3. The summed E-state index contributed by atoms with van der Waals surface area (Å²) in [6.07, 6.45) is 1.34. The van der Waals surface area contributed by atoms with Crippen LogP contribution in [0.5, 0.6) is 0 Å². The minimum Gasteiger partial charge on any atom is -0.455 e. The van der Waals surface area contributed by atoms with Crippen molar-refractivity contribution in [3.05, 3.63) is 70.7 Å². The number of anilines is 1. The predicted octanol–water partition coefficient (Wildman–Crippen LogP) is 3.65. The third kappa shape index (κ3) is 4.85. The van der Waals surface area contributed by atoms with Gasteiger partial charge in [-0.05, 0) is 23.6 Å². The number of amides is 1. The first-order valence-electron chi connectivity index (χ1n) is 9.11. The molecule has 8 nitrogen and oxygen atoms in total. The molecule has 0 saturated carbocycles. The number of thiazole rings is 1. The Morgan fingerprint density at radius 3 is 2.74 bits per heavy atom. The van der Waals surface area contributed by atoms with E-state index in [0.717, 1.165) is 9.88 Å². The molecule has 31 heavy (non-hydrogen) atoms. The second-order valence-electron chi connectivity index (χ2n) is 6.27. The molecule has 0 aliphatic rings. The normalized spacial score (nSPS) is 10.4. The third-order valence-corrected chi connectivity index (χ3v) is 6.05. The zero-order chi connectivity index (χ0) is 21.6. The summed E-state index contributed by atoms with van der Waals surface area (Å²) >= 11 is 3.03. The SMILES string of the molecule is N#Cc1cnn(-c2ccccc2)c1NC(=O)COC(=O)Cc1csc(-c2cccs2)n1. The van der Waals surface area contributed by atoms with Gasteiger partial charge in [-0.25, -0.2) is 9.67 Å². The van der Waals surface area contributed by atoms with E-state index in [4.69, 9.17) is 4.74 Å². The number of thiophene rings is 1. The Bertz CT molecular complexity index is 1240. The van der Waals surface area contributed by atoms with Gasteiger partial charge >= 0.3 is 5.97 Å². The van der Waals surface area contributed by atoms with Gasteiger partial charge < -0.3 is 10.1 Å². The number of benzene rings is 1. The van der Waals surface area contributed by atoms with E-state index in [1.807, 2.05) is 41.8 Å². The van der Waals surface area contributed by atoms with E-state index >= 15 is 0 Å². The van der Waals surface area contributed by atoms with Crippen molar-refractivity contribution in [2.75, 3.05) is 11.9 Å². The van der Waals surface area contributed by atoms with Crippen molar-refractivity contribution < 1.29 is 14.3 Å². The Morgan fingerprint density at radius 2 is 2.00 bits per heavy atom. The molecule has 1 N–H and O–H groups in total.